The first-order chi connectivity index (χ1) is 8.96. The molecule has 1 aromatic carbocycles. The van der Waals surface area contributed by atoms with Gasteiger partial charge in [-0.25, -0.2) is 0 Å². The summed E-state index contributed by atoms with van der Waals surface area (Å²) in [5, 5.41) is 9.43. The van der Waals surface area contributed by atoms with Gasteiger partial charge in [0.2, 0.25) is 0 Å². The van der Waals surface area contributed by atoms with Crippen molar-refractivity contribution in [2.75, 3.05) is 0 Å². The van der Waals surface area contributed by atoms with Crippen LogP contribution in [0.25, 0.3) is 0 Å². The molecule has 2 rings (SSSR count). The summed E-state index contributed by atoms with van der Waals surface area (Å²) in [6.07, 6.45) is -7.34. The van der Waals surface area contributed by atoms with Crippen LogP contribution in [-0.4, -0.2) is 17.1 Å². The Hall–Kier alpha value is -1.43. The Bertz CT molecular complexity index is 519. The molecule has 1 aliphatic heterocycles. The minimum Gasteiger partial charge on any atom is -0.448 e. The molecule has 0 saturated heterocycles. The Morgan fingerprint density at radius 1 is 1.15 bits per heavy atom. The number of ether oxygens (including phenoxy) is 2. The smallest absolute Gasteiger partial charge is 0.418 e. The largest absolute Gasteiger partial charge is 0.448 e. The zero-order chi connectivity index (χ0) is 15.3. The van der Waals surface area contributed by atoms with Crippen LogP contribution < -0.4 is 9.47 Å². The van der Waals surface area contributed by atoms with Crippen molar-refractivity contribution in [1.82, 2.24) is 0 Å². The van der Waals surface area contributed by atoms with Crippen molar-refractivity contribution in [3.8, 4) is 11.5 Å². The number of hydrogen-bond donors (Lipinski definition) is 1. The first kappa shape index (κ1) is 15.0. The third-order valence-electron chi connectivity index (χ3n) is 3.58. The second-order valence-corrected chi connectivity index (χ2v) is 6.02. The highest BCUT2D eigenvalue weighted by Gasteiger charge is 2.50. The van der Waals surface area contributed by atoms with E-state index < -0.39 is 23.5 Å². The lowest BCUT2D eigenvalue weighted by molar-refractivity contribution is -0.207. The van der Waals surface area contributed by atoms with Crippen LogP contribution in [0.5, 0.6) is 11.5 Å². The van der Waals surface area contributed by atoms with E-state index in [9.17, 15) is 18.3 Å². The van der Waals surface area contributed by atoms with Gasteiger partial charge in [0.05, 0.1) is 0 Å². The van der Waals surface area contributed by atoms with E-state index in [0.29, 0.717) is 0 Å². The number of benzene rings is 1. The Balaban J connectivity index is 2.44. The topological polar surface area (TPSA) is 38.7 Å². The monoisotopic (exact) mass is 290 g/mol. The summed E-state index contributed by atoms with van der Waals surface area (Å²) < 4.78 is 49.3. The lowest BCUT2D eigenvalue weighted by Gasteiger charge is -2.36. The van der Waals surface area contributed by atoms with Gasteiger partial charge in [-0.15, -0.1) is 0 Å². The van der Waals surface area contributed by atoms with E-state index in [-0.39, 0.29) is 17.1 Å². The van der Waals surface area contributed by atoms with Crippen molar-refractivity contribution in [2.24, 2.45) is 5.41 Å². The standard InChI is InChI=1S/C14H17F3O3/c1-12(2,3)13(4)19-9-7-5-6-8(10(9)20-13)11(18)14(15,16)17/h5-7,11,18H,1-4H3/t11-,13?/m1/s1. The van der Waals surface area contributed by atoms with E-state index in [2.05, 4.69) is 0 Å². The van der Waals surface area contributed by atoms with Crippen LogP contribution in [0.1, 0.15) is 39.4 Å². The number of halogens is 3. The molecular formula is C14H17F3O3. The van der Waals surface area contributed by atoms with Gasteiger partial charge >= 0.3 is 6.18 Å². The average molecular weight is 290 g/mol. The summed E-state index contributed by atoms with van der Waals surface area (Å²) in [5.74, 6) is -0.922. The molecule has 0 saturated carbocycles. The molecule has 1 unspecified atom stereocenters. The second kappa shape index (κ2) is 4.28. The highest BCUT2D eigenvalue weighted by Crippen LogP contribution is 2.51. The summed E-state index contributed by atoms with van der Waals surface area (Å²) in [4.78, 5) is 0. The number of alkyl halides is 3. The molecule has 1 aliphatic rings. The lowest BCUT2D eigenvalue weighted by atomic mass is 9.87. The maximum Gasteiger partial charge on any atom is 0.418 e. The molecule has 1 N–H and O–H groups in total. The minimum absolute atomic E-state index is 0.0465. The number of fused-ring (bicyclic) bond motifs is 1. The molecule has 6 heteroatoms. The molecule has 20 heavy (non-hydrogen) atoms. The molecule has 2 atom stereocenters. The molecule has 0 bridgehead atoms. The number of aliphatic hydroxyl groups excluding tert-OH is 1. The fourth-order valence-electron chi connectivity index (χ4n) is 1.85. The molecule has 1 heterocycles. The summed E-state index contributed by atoms with van der Waals surface area (Å²) in [6.45, 7) is 7.24. The third-order valence-corrected chi connectivity index (χ3v) is 3.58. The van der Waals surface area contributed by atoms with Crippen LogP contribution in [-0.2, 0) is 0 Å². The fourth-order valence-corrected chi connectivity index (χ4v) is 1.85. The molecule has 0 fully saturated rings. The van der Waals surface area contributed by atoms with Gasteiger partial charge in [-0.05, 0) is 6.07 Å². The van der Waals surface area contributed by atoms with Gasteiger partial charge < -0.3 is 14.6 Å². The van der Waals surface area contributed by atoms with Gasteiger partial charge in [0.1, 0.15) is 0 Å². The third kappa shape index (κ3) is 2.32. The van der Waals surface area contributed by atoms with Crippen LogP contribution in [0.2, 0.25) is 0 Å². The summed E-state index contributed by atoms with van der Waals surface area (Å²) in [6, 6.07) is 4.12. The molecule has 112 valence electrons. The zero-order valence-electron chi connectivity index (χ0n) is 11.7. The van der Waals surface area contributed by atoms with Crippen LogP contribution in [0.3, 0.4) is 0 Å². The van der Waals surface area contributed by atoms with Gasteiger partial charge in [0.25, 0.3) is 5.79 Å². The van der Waals surface area contributed by atoms with Crippen LogP contribution in [0.4, 0.5) is 13.2 Å². The zero-order valence-corrected chi connectivity index (χ0v) is 11.7. The molecule has 0 aromatic heterocycles. The van der Waals surface area contributed by atoms with Crippen molar-refractivity contribution < 1.29 is 27.8 Å². The van der Waals surface area contributed by atoms with Crippen molar-refractivity contribution in [3.05, 3.63) is 23.8 Å². The molecule has 0 spiro atoms. The lowest BCUT2D eigenvalue weighted by Crippen LogP contribution is -2.47. The predicted molar refractivity (Wildman–Crippen MR) is 66.6 cm³/mol. The fraction of sp³-hybridized carbons (Fsp3) is 0.571. The van der Waals surface area contributed by atoms with Gasteiger partial charge in [-0.3, -0.25) is 0 Å². The molecule has 0 amide bonds. The second-order valence-electron chi connectivity index (χ2n) is 6.02. The molecule has 0 aliphatic carbocycles. The van der Waals surface area contributed by atoms with Crippen molar-refractivity contribution in [3.63, 3.8) is 0 Å². The van der Waals surface area contributed by atoms with Crippen LogP contribution in [0.15, 0.2) is 18.2 Å². The Morgan fingerprint density at radius 2 is 1.75 bits per heavy atom. The first-order valence-corrected chi connectivity index (χ1v) is 6.21. The predicted octanol–water partition coefficient (Wildman–Crippen LogP) is 3.82. The molecule has 1 aromatic rings. The van der Waals surface area contributed by atoms with Gasteiger partial charge in [-0.1, -0.05) is 32.9 Å². The normalized spacial score (nSPS) is 23.8. The maximum absolute atomic E-state index is 12.7. The van der Waals surface area contributed by atoms with Crippen molar-refractivity contribution >= 4 is 0 Å². The van der Waals surface area contributed by atoms with E-state index >= 15 is 0 Å². The van der Waals surface area contributed by atoms with Crippen molar-refractivity contribution in [2.45, 2.75) is 45.8 Å². The van der Waals surface area contributed by atoms with E-state index in [1.54, 1.807) is 6.92 Å². The van der Waals surface area contributed by atoms with Gasteiger partial charge in [0.15, 0.2) is 17.6 Å². The summed E-state index contributed by atoms with van der Waals surface area (Å²) in [7, 11) is 0. The van der Waals surface area contributed by atoms with Crippen LogP contribution in [0, 0.1) is 5.41 Å². The Labute approximate surface area is 115 Å². The SMILES string of the molecule is CC(C)(C)C1(C)Oc2cccc([C@@H](O)C(F)(F)F)c2O1. The van der Waals surface area contributed by atoms with E-state index in [4.69, 9.17) is 9.47 Å². The van der Waals surface area contributed by atoms with Crippen molar-refractivity contribution in [1.29, 1.82) is 0 Å². The van der Waals surface area contributed by atoms with E-state index in [1.165, 1.54) is 18.2 Å². The number of hydrogen-bond acceptors (Lipinski definition) is 3. The summed E-state index contributed by atoms with van der Waals surface area (Å²) in [5.41, 5.74) is -0.782. The minimum atomic E-state index is -4.75. The van der Waals surface area contributed by atoms with Gasteiger partial charge in [0, 0.05) is 17.9 Å². The average Bonchev–Trinajstić information content (AvgIpc) is 2.63. The van der Waals surface area contributed by atoms with Crippen LogP contribution >= 0.6 is 0 Å². The number of para-hydroxylation sites is 1. The number of rotatable bonds is 1. The number of aliphatic hydroxyl groups is 1. The highest BCUT2D eigenvalue weighted by molar-refractivity contribution is 5.50. The quantitative estimate of drug-likeness (QED) is 0.854. The summed E-state index contributed by atoms with van der Waals surface area (Å²) >= 11 is 0. The molecular weight excluding hydrogens is 273 g/mol. The van der Waals surface area contributed by atoms with E-state index in [0.717, 1.165) is 0 Å². The Kier molecular flexibility index (Phi) is 3.20. The van der Waals surface area contributed by atoms with E-state index in [1.807, 2.05) is 20.8 Å². The highest BCUT2D eigenvalue weighted by atomic mass is 19.4. The molecule has 3 nitrogen and oxygen atoms in total. The maximum atomic E-state index is 12.7. The molecule has 0 radical (unpaired) electrons. The Morgan fingerprint density at radius 3 is 2.25 bits per heavy atom. The first-order valence-electron chi connectivity index (χ1n) is 6.21. The van der Waals surface area contributed by atoms with Gasteiger partial charge in [-0.2, -0.15) is 13.2 Å².